The van der Waals surface area contributed by atoms with Crippen LogP contribution in [-0.2, 0) is 10.2 Å². The summed E-state index contributed by atoms with van der Waals surface area (Å²) in [5, 5.41) is 10.8. The van der Waals surface area contributed by atoms with E-state index in [-0.39, 0.29) is 11.7 Å². The monoisotopic (exact) mass is 494 g/mol. The minimum absolute atomic E-state index is 0.149. The Hall–Kier alpha value is -1.51. The zero-order valence-electron chi connectivity index (χ0n) is 15.7. The van der Waals surface area contributed by atoms with E-state index in [1.54, 1.807) is 12.1 Å². The topological polar surface area (TPSA) is 43.8 Å². The molecule has 2 aromatic carbocycles. The number of hydrogen-bond donors (Lipinski definition) is 1. The molecule has 28 heavy (non-hydrogen) atoms. The summed E-state index contributed by atoms with van der Waals surface area (Å²) in [6.07, 6.45) is 2.02. The van der Waals surface area contributed by atoms with Crippen LogP contribution < -0.4 is 0 Å². The number of halogens is 2. The molecular weight excluding hydrogens is 470 g/mol. The number of fused-ring (bicyclic) bond motifs is 1. The highest BCUT2D eigenvalue weighted by Crippen LogP contribution is 2.32. The van der Waals surface area contributed by atoms with E-state index in [2.05, 4.69) is 4.90 Å². The molecule has 1 N–H and O–H groups in total. The number of likely N-dealkylation sites (tertiary alicyclic amines) is 1. The standard InChI is InChI=1S/C22H24FIN2O2/c23-19-7-5-18(6-8-19)22(24,28)15-25-11-9-16(10-12-25)13-26-14-17-3-1-2-4-20(17)21(26)27/h1-8,16,28H,9-15H2. The van der Waals surface area contributed by atoms with E-state index in [0.717, 1.165) is 49.2 Å². The van der Waals surface area contributed by atoms with Crippen molar-refractivity contribution in [2.24, 2.45) is 5.92 Å². The lowest BCUT2D eigenvalue weighted by atomic mass is 9.95. The van der Waals surface area contributed by atoms with Crippen LogP contribution in [0, 0.1) is 11.7 Å². The molecule has 4 nitrogen and oxygen atoms in total. The van der Waals surface area contributed by atoms with Crippen LogP contribution in [0.5, 0.6) is 0 Å². The Labute approximate surface area is 178 Å². The van der Waals surface area contributed by atoms with Gasteiger partial charge in [0.1, 0.15) is 5.82 Å². The second-order valence-electron chi connectivity index (χ2n) is 7.83. The third-order valence-electron chi connectivity index (χ3n) is 5.80. The minimum atomic E-state index is -1.04. The van der Waals surface area contributed by atoms with Crippen LogP contribution in [0.4, 0.5) is 4.39 Å². The Morgan fingerprint density at radius 2 is 1.79 bits per heavy atom. The number of benzene rings is 2. The quantitative estimate of drug-likeness (QED) is 0.509. The number of carbonyl (C=O) groups is 1. The Morgan fingerprint density at radius 3 is 2.46 bits per heavy atom. The molecule has 0 bridgehead atoms. The highest BCUT2D eigenvalue weighted by molar-refractivity contribution is 14.1. The van der Waals surface area contributed by atoms with Gasteiger partial charge in [0.15, 0.2) is 3.61 Å². The van der Waals surface area contributed by atoms with Crippen molar-refractivity contribution in [2.75, 3.05) is 26.2 Å². The lowest BCUT2D eigenvalue weighted by Gasteiger charge is -2.37. The van der Waals surface area contributed by atoms with Gasteiger partial charge in [-0.05, 0) is 83.8 Å². The summed E-state index contributed by atoms with van der Waals surface area (Å²) in [5.41, 5.74) is 2.69. The van der Waals surface area contributed by atoms with Gasteiger partial charge in [-0.2, -0.15) is 0 Å². The molecule has 1 saturated heterocycles. The first-order valence-corrected chi connectivity index (χ1v) is 10.8. The number of amides is 1. The van der Waals surface area contributed by atoms with E-state index >= 15 is 0 Å². The summed E-state index contributed by atoms with van der Waals surface area (Å²) >= 11 is 2.04. The van der Waals surface area contributed by atoms with Gasteiger partial charge in [0.05, 0.1) is 0 Å². The molecule has 148 valence electrons. The SMILES string of the molecule is O=C1c2ccccc2CN1CC1CCN(CC(O)(I)c2ccc(F)cc2)CC1. The lowest BCUT2D eigenvalue weighted by Crippen LogP contribution is -2.43. The maximum Gasteiger partial charge on any atom is 0.254 e. The predicted octanol–water partition coefficient (Wildman–Crippen LogP) is 3.77. The van der Waals surface area contributed by atoms with E-state index in [1.807, 2.05) is 51.8 Å². The van der Waals surface area contributed by atoms with Crippen LogP contribution in [0.1, 0.15) is 34.3 Å². The van der Waals surface area contributed by atoms with E-state index in [9.17, 15) is 14.3 Å². The molecule has 1 fully saturated rings. The van der Waals surface area contributed by atoms with Gasteiger partial charge < -0.3 is 10.0 Å². The molecule has 1 atom stereocenters. The third kappa shape index (κ3) is 4.23. The van der Waals surface area contributed by atoms with Crippen molar-refractivity contribution in [1.29, 1.82) is 0 Å². The van der Waals surface area contributed by atoms with E-state index in [4.69, 9.17) is 0 Å². The van der Waals surface area contributed by atoms with E-state index < -0.39 is 3.61 Å². The van der Waals surface area contributed by atoms with Crippen LogP contribution in [0.15, 0.2) is 48.5 Å². The molecule has 0 radical (unpaired) electrons. The van der Waals surface area contributed by atoms with E-state index in [1.165, 1.54) is 12.1 Å². The zero-order valence-corrected chi connectivity index (χ0v) is 17.8. The summed E-state index contributed by atoms with van der Waals surface area (Å²) in [4.78, 5) is 16.8. The number of rotatable bonds is 5. The molecule has 1 amide bonds. The van der Waals surface area contributed by atoms with Gasteiger partial charge in [0, 0.05) is 25.2 Å². The van der Waals surface area contributed by atoms with Gasteiger partial charge in [0.2, 0.25) is 0 Å². The number of nitrogens with zero attached hydrogens (tertiary/aromatic N) is 2. The van der Waals surface area contributed by atoms with Crippen molar-refractivity contribution in [3.8, 4) is 0 Å². The van der Waals surface area contributed by atoms with Gasteiger partial charge in [0.25, 0.3) is 5.91 Å². The van der Waals surface area contributed by atoms with Gasteiger partial charge in [-0.25, -0.2) is 4.39 Å². The Morgan fingerprint density at radius 1 is 1.11 bits per heavy atom. The molecule has 2 aromatic rings. The van der Waals surface area contributed by atoms with Crippen LogP contribution >= 0.6 is 22.6 Å². The van der Waals surface area contributed by atoms with Gasteiger partial charge in [-0.3, -0.25) is 9.69 Å². The summed E-state index contributed by atoms with van der Waals surface area (Å²) in [6.45, 7) is 3.82. The molecular formula is C22H24FIN2O2. The maximum atomic E-state index is 13.1. The average Bonchev–Trinajstić information content (AvgIpc) is 2.99. The summed E-state index contributed by atoms with van der Waals surface area (Å²) in [7, 11) is 0. The molecule has 6 heteroatoms. The van der Waals surface area contributed by atoms with Crippen molar-refractivity contribution in [3.63, 3.8) is 0 Å². The second-order valence-corrected chi connectivity index (χ2v) is 9.61. The molecule has 2 heterocycles. The maximum absolute atomic E-state index is 13.1. The normalized spacial score (nSPS) is 20.2. The molecule has 0 aromatic heterocycles. The van der Waals surface area contributed by atoms with Crippen molar-refractivity contribution < 1.29 is 14.3 Å². The van der Waals surface area contributed by atoms with Crippen LogP contribution in [-0.4, -0.2) is 47.0 Å². The number of piperidine rings is 1. The smallest absolute Gasteiger partial charge is 0.254 e. The number of alkyl halides is 1. The minimum Gasteiger partial charge on any atom is -0.374 e. The number of β-amino-alcohol motifs (C(OH)–C–C–N with tert-alkyl or cyclic N) is 1. The van der Waals surface area contributed by atoms with Crippen LogP contribution in [0.3, 0.4) is 0 Å². The summed E-state index contributed by atoms with van der Waals surface area (Å²) in [6, 6.07) is 13.9. The molecule has 1 unspecified atom stereocenters. The first-order valence-electron chi connectivity index (χ1n) is 9.69. The second kappa shape index (κ2) is 8.08. The van der Waals surface area contributed by atoms with Crippen molar-refractivity contribution in [2.45, 2.75) is 23.0 Å². The Bertz CT molecular complexity index is 848. The van der Waals surface area contributed by atoms with Crippen molar-refractivity contribution in [1.82, 2.24) is 9.80 Å². The van der Waals surface area contributed by atoms with Gasteiger partial charge >= 0.3 is 0 Å². The summed E-state index contributed by atoms with van der Waals surface area (Å²) < 4.78 is 12.1. The molecule has 4 rings (SSSR count). The summed E-state index contributed by atoms with van der Waals surface area (Å²) in [5.74, 6) is 0.342. The molecule has 2 aliphatic rings. The Balaban J connectivity index is 1.29. The fourth-order valence-electron chi connectivity index (χ4n) is 4.19. The van der Waals surface area contributed by atoms with Crippen molar-refractivity contribution >= 4 is 28.5 Å². The van der Waals surface area contributed by atoms with Crippen molar-refractivity contribution in [3.05, 3.63) is 71.0 Å². The first-order chi connectivity index (χ1) is 13.4. The molecule has 0 saturated carbocycles. The molecule has 2 aliphatic heterocycles. The van der Waals surface area contributed by atoms with Crippen LogP contribution in [0.2, 0.25) is 0 Å². The van der Waals surface area contributed by atoms with Crippen LogP contribution in [0.25, 0.3) is 0 Å². The fraction of sp³-hybridized carbons (Fsp3) is 0.409. The van der Waals surface area contributed by atoms with Gasteiger partial charge in [-0.1, -0.05) is 30.3 Å². The number of carbonyl (C=O) groups excluding carboxylic acids is 1. The number of hydrogen-bond acceptors (Lipinski definition) is 3. The highest BCUT2D eigenvalue weighted by atomic mass is 127. The largest absolute Gasteiger partial charge is 0.374 e. The average molecular weight is 494 g/mol. The number of aliphatic hydroxyl groups is 1. The fourth-order valence-corrected chi connectivity index (χ4v) is 5.04. The molecule has 0 aliphatic carbocycles. The third-order valence-corrected chi connectivity index (χ3v) is 6.77. The lowest BCUT2D eigenvalue weighted by molar-refractivity contribution is 0.0612. The first kappa shape index (κ1) is 19.8. The van der Waals surface area contributed by atoms with E-state index in [0.29, 0.717) is 19.0 Å². The Kier molecular flexibility index (Phi) is 5.71. The highest BCUT2D eigenvalue weighted by Gasteiger charge is 2.33. The zero-order chi connectivity index (χ0) is 19.7. The predicted molar refractivity (Wildman–Crippen MR) is 115 cm³/mol. The van der Waals surface area contributed by atoms with Gasteiger partial charge in [-0.15, -0.1) is 0 Å². The molecule has 0 spiro atoms.